The van der Waals surface area contributed by atoms with Crippen molar-refractivity contribution in [1.82, 2.24) is 10.2 Å². The highest BCUT2D eigenvalue weighted by Crippen LogP contribution is 2.42. The van der Waals surface area contributed by atoms with Crippen molar-refractivity contribution < 1.29 is 9.53 Å². The van der Waals surface area contributed by atoms with Crippen molar-refractivity contribution in [3.8, 4) is 5.75 Å². The molecule has 104 valence electrons. The number of aromatic nitrogens is 2. The van der Waals surface area contributed by atoms with Gasteiger partial charge in [-0.1, -0.05) is 12.1 Å². The molecular weight excluding hydrogens is 256 g/mol. The molecule has 0 bridgehead atoms. The Labute approximate surface area is 116 Å². The molecule has 2 aromatic rings. The summed E-state index contributed by atoms with van der Waals surface area (Å²) in [5.41, 5.74) is 8.13. The Balaban J connectivity index is 1.82. The molecule has 0 saturated heterocycles. The minimum Gasteiger partial charge on any atom is -0.495 e. The number of nitrogen functional groups attached to an aromatic ring is 1. The average Bonchev–Trinajstić information content (AvgIpc) is 3.22. The number of ether oxygens (including phenoxy) is 1. The van der Waals surface area contributed by atoms with Gasteiger partial charge in [-0.2, -0.15) is 5.10 Å². The molecule has 1 fully saturated rings. The summed E-state index contributed by atoms with van der Waals surface area (Å²) in [7, 11) is 1.55. The third kappa shape index (κ3) is 2.20. The standard InChI is InChI=1S/C14H16N4O2/c1-20-10-5-3-2-4-9(10)16-14(19)13-11(15)12(17-18-13)8-6-7-8/h2-5,8H,6-7,15H2,1H3,(H,16,19)(H,17,18). The van der Waals surface area contributed by atoms with Crippen LogP contribution in [0.1, 0.15) is 34.9 Å². The molecule has 1 aromatic heterocycles. The van der Waals surface area contributed by atoms with Gasteiger partial charge in [0.2, 0.25) is 0 Å². The second-order valence-electron chi connectivity index (χ2n) is 4.83. The Bertz CT molecular complexity index is 646. The van der Waals surface area contributed by atoms with E-state index in [1.165, 1.54) is 0 Å². The van der Waals surface area contributed by atoms with E-state index in [4.69, 9.17) is 10.5 Å². The monoisotopic (exact) mass is 272 g/mol. The van der Waals surface area contributed by atoms with Crippen molar-refractivity contribution in [3.05, 3.63) is 35.7 Å². The number of benzene rings is 1. The Hall–Kier alpha value is -2.50. The number of anilines is 2. The lowest BCUT2D eigenvalue weighted by atomic mass is 10.2. The second kappa shape index (κ2) is 4.88. The van der Waals surface area contributed by atoms with E-state index in [-0.39, 0.29) is 11.6 Å². The maximum Gasteiger partial charge on any atom is 0.278 e. The fourth-order valence-corrected chi connectivity index (χ4v) is 2.15. The summed E-state index contributed by atoms with van der Waals surface area (Å²) in [5.74, 6) is 0.683. The van der Waals surface area contributed by atoms with Crippen LogP contribution < -0.4 is 15.8 Å². The van der Waals surface area contributed by atoms with E-state index in [9.17, 15) is 4.79 Å². The average molecular weight is 272 g/mol. The first-order valence-corrected chi connectivity index (χ1v) is 6.48. The molecule has 3 rings (SSSR count). The zero-order valence-electron chi connectivity index (χ0n) is 11.1. The number of hydrogen-bond acceptors (Lipinski definition) is 4. The highest BCUT2D eigenvalue weighted by Gasteiger charge is 2.30. The summed E-state index contributed by atoms with van der Waals surface area (Å²) in [6.07, 6.45) is 2.19. The predicted molar refractivity (Wildman–Crippen MR) is 75.9 cm³/mol. The fourth-order valence-electron chi connectivity index (χ4n) is 2.15. The zero-order valence-corrected chi connectivity index (χ0v) is 11.1. The lowest BCUT2D eigenvalue weighted by Crippen LogP contribution is -2.15. The van der Waals surface area contributed by atoms with Gasteiger partial charge in [0.15, 0.2) is 5.69 Å². The highest BCUT2D eigenvalue weighted by atomic mass is 16.5. The van der Waals surface area contributed by atoms with E-state index in [2.05, 4.69) is 15.5 Å². The highest BCUT2D eigenvalue weighted by molar-refractivity contribution is 6.07. The fraction of sp³-hybridized carbons (Fsp3) is 0.286. The minimum atomic E-state index is -0.338. The van der Waals surface area contributed by atoms with E-state index in [1.807, 2.05) is 12.1 Å². The molecule has 0 spiro atoms. The van der Waals surface area contributed by atoms with Gasteiger partial charge in [0, 0.05) is 5.92 Å². The number of nitrogens with one attached hydrogen (secondary N) is 2. The van der Waals surface area contributed by atoms with Crippen molar-refractivity contribution in [2.75, 3.05) is 18.2 Å². The van der Waals surface area contributed by atoms with Crippen LogP contribution in [0.5, 0.6) is 5.75 Å². The summed E-state index contributed by atoms with van der Waals surface area (Å²) >= 11 is 0. The van der Waals surface area contributed by atoms with Gasteiger partial charge >= 0.3 is 0 Å². The van der Waals surface area contributed by atoms with Crippen LogP contribution in [0.3, 0.4) is 0 Å². The number of methoxy groups -OCH3 is 1. The number of nitrogens with zero attached hydrogens (tertiary/aromatic N) is 1. The maximum atomic E-state index is 12.2. The molecule has 6 heteroatoms. The predicted octanol–water partition coefficient (Wildman–Crippen LogP) is 2.13. The summed E-state index contributed by atoms with van der Waals surface area (Å²) in [4.78, 5) is 12.2. The molecule has 1 heterocycles. The number of carbonyl (C=O) groups is 1. The zero-order chi connectivity index (χ0) is 14.1. The number of rotatable bonds is 4. The topological polar surface area (TPSA) is 93.0 Å². The summed E-state index contributed by atoms with van der Waals surface area (Å²) in [5, 5.41) is 9.65. The molecule has 1 aliphatic rings. The molecule has 6 nitrogen and oxygen atoms in total. The molecule has 0 aliphatic heterocycles. The first-order chi connectivity index (χ1) is 9.70. The third-order valence-electron chi connectivity index (χ3n) is 3.39. The number of amides is 1. The SMILES string of the molecule is COc1ccccc1NC(=O)c1n[nH]c(C2CC2)c1N. The molecule has 1 saturated carbocycles. The molecule has 0 unspecified atom stereocenters. The van der Waals surface area contributed by atoms with Crippen LogP contribution in [0, 0.1) is 0 Å². The summed E-state index contributed by atoms with van der Waals surface area (Å²) in [6.45, 7) is 0. The van der Waals surface area contributed by atoms with Gasteiger partial charge in [-0.3, -0.25) is 9.89 Å². The smallest absolute Gasteiger partial charge is 0.278 e. The molecule has 0 radical (unpaired) electrons. The summed E-state index contributed by atoms with van der Waals surface area (Å²) < 4.78 is 5.19. The van der Waals surface area contributed by atoms with E-state index in [0.717, 1.165) is 18.5 Å². The van der Waals surface area contributed by atoms with Gasteiger partial charge in [-0.15, -0.1) is 0 Å². The van der Waals surface area contributed by atoms with Crippen LogP contribution in [0.2, 0.25) is 0 Å². The van der Waals surface area contributed by atoms with Crippen LogP contribution >= 0.6 is 0 Å². The number of carbonyl (C=O) groups excluding carboxylic acids is 1. The van der Waals surface area contributed by atoms with Gasteiger partial charge in [-0.25, -0.2) is 0 Å². The molecular formula is C14H16N4O2. The quantitative estimate of drug-likeness (QED) is 0.794. The van der Waals surface area contributed by atoms with Crippen LogP contribution in [-0.4, -0.2) is 23.2 Å². The Morgan fingerprint density at radius 1 is 1.45 bits per heavy atom. The van der Waals surface area contributed by atoms with Gasteiger partial charge in [-0.05, 0) is 25.0 Å². The number of nitrogens with two attached hydrogens (primary N) is 1. The Morgan fingerprint density at radius 3 is 2.90 bits per heavy atom. The Morgan fingerprint density at radius 2 is 2.20 bits per heavy atom. The summed E-state index contributed by atoms with van der Waals surface area (Å²) in [6, 6.07) is 7.20. The van der Waals surface area contributed by atoms with Crippen molar-refractivity contribution >= 4 is 17.3 Å². The largest absolute Gasteiger partial charge is 0.495 e. The van der Waals surface area contributed by atoms with Crippen molar-refractivity contribution in [2.45, 2.75) is 18.8 Å². The van der Waals surface area contributed by atoms with Gasteiger partial charge in [0.1, 0.15) is 5.75 Å². The van der Waals surface area contributed by atoms with Crippen LogP contribution in [-0.2, 0) is 0 Å². The van der Waals surface area contributed by atoms with Crippen molar-refractivity contribution in [3.63, 3.8) is 0 Å². The molecule has 1 aliphatic carbocycles. The van der Waals surface area contributed by atoms with Gasteiger partial charge in [0.05, 0.1) is 24.2 Å². The molecule has 20 heavy (non-hydrogen) atoms. The number of H-pyrrole nitrogens is 1. The van der Waals surface area contributed by atoms with Crippen LogP contribution in [0.4, 0.5) is 11.4 Å². The van der Waals surface area contributed by atoms with Crippen molar-refractivity contribution in [2.24, 2.45) is 0 Å². The molecule has 1 aromatic carbocycles. The third-order valence-corrected chi connectivity index (χ3v) is 3.39. The number of para-hydroxylation sites is 2. The number of hydrogen-bond donors (Lipinski definition) is 3. The van der Waals surface area contributed by atoms with E-state index in [0.29, 0.717) is 23.0 Å². The van der Waals surface area contributed by atoms with Gasteiger partial charge < -0.3 is 15.8 Å². The molecule has 1 amide bonds. The van der Waals surface area contributed by atoms with E-state index >= 15 is 0 Å². The minimum absolute atomic E-state index is 0.234. The van der Waals surface area contributed by atoms with Crippen molar-refractivity contribution in [1.29, 1.82) is 0 Å². The second-order valence-corrected chi connectivity index (χ2v) is 4.83. The van der Waals surface area contributed by atoms with Crippen LogP contribution in [0.25, 0.3) is 0 Å². The number of aromatic amines is 1. The first kappa shape index (κ1) is 12.5. The van der Waals surface area contributed by atoms with E-state index in [1.54, 1.807) is 19.2 Å². The lowest BCUT2D eigenvalue weighted by molar-refractivity contribution is 0.102. The maximum absolute atomic E-state index is 12.2. The molecule has 0 atom stereocenters. The molecule has 4 N–H and O–H groups in total. The van der Waals surface area contributed by atoms with Gasteiger partial charge in [0.25, 0.3) is 5.91 Å². The first-order valence-electron chi connectivity index (χ1n) is 6.48. The van der Waals surface area contributed by atoms with Crippen LogP contribution in [0.15, 0.2) is 24.3 Å². The lowest BCUT2D eigenvalue weighted by Gasteiger charge is -2.08. The normalized spacial score (nSPS) is 14.1. The van der Waals surface area contributed by atoms with E-state index < -0.39 is 0 Å². The Kier molecular flexibility index (Phi) is 3.06.